The minimum atomic E-state index is -0.402. The molecule has 6 heteroatoms. The molecule has 3 heterocycles. The zero-order valence-corrected chi connectivity index (χ0v) is 11.0. The topological polar surface area (TPSA) is 60.0 Å². The number of nitrogens with one attached hydrogen (secondary N) is 1. The number of rotatable bonds is 1. The Balaban J connectivity index is 2.03. The molecule has 94 valence electrons. The Morgan fingerprint density at radius 2 is 1.67 bits per heavy atom. The highest BCUT2D eigenvalue weighted by Gasteiger charge is 2.52. The van der Waals surface area contributed by atoms with Gasteiger partial charge in [-0.1, -0.05) is 0 Å². The summed E-state index contributed by atoms with van der Waals surface area (Å²) in [6.45, 7) is 8.14. The van der Waals surface area contributed by atoms with Crippen molar-refractivity contribution in [2.24, 2.45) is 0 Å². The second-order valence-corrected chi connectivity index (χ2v) is 5.59. The third-order valence-electron chi connectivity index (χ3n) is 3.84. The van der Waals surface area contributed by atoms with E-state index in [0.29, 0.717) is 0 Å². The van der Waals surface area contributed by atoms with E-state index in [9.17, 15) is 0 Å². The Kier molecular flexibility index (Phi) is 2.31. The van der Waals surface area contributed by atoms with Gasteiger partial charge < -0.3 is 14.3 Å². The lowest BCUT2D eigenvalue weighted by molar-refractivity contribution is 0.00578. The first kappa shape index (κ1) is 11.7. The van der Waals surface area contributed by atoms with Crippen molar-refractivity contribution in [2.45, 2.75) is 38.9 Å². The fraction of sp³-hybridized carbons (Fsp3) is 0.500. The molecule has 1 aliphatic heterocycles. The molecule has 0 atom stereocenters. The first-order valence-electron chi connectivity index (χ1n) is 6.04. The third kappa shape index (κ3) is 1.56. The molecule has 0 amide bonds. The minimum Gasteiger partial charge on any atom is -0.399 e. The molecule has 0 unspecified atom stereocenters. The maximum atomic E-state index is 6.01. The molecule has 1 saturated heterocycles. The molecule has 1 fully saturated rings. The van der Waals surface area contributed by atoms with Crippen LogP contribution in [0.5, 0.6) is 0 Å². The molecule has 0 aliphatic carbocycles. The number of aromatic amines is 1. The average Bonchev–Trinajstić information content (AvgIpc) is 2.78. The van der Waals surface area contributed by atoms with Gasteiger partial charge in [-0.3, -0.25) is 4.98 Å². The van der Waals surface area contributed by atoms with Gasteiger partial charge in [0.25, 0.3) is 0 Å². The number of H-pyrrole nitrogens is 1. The molecule has 1 N–H and O–H groups in total. The highest BCUT2D eigenvalue weighted by Crippen LogP contribution is 2.36. The van der Waals surface area contributed by atoms with E-state index >= 15 is 0 Å². The highest BCUT2D eigenvalue weighted by atomic mass is 16.7. The minimum absolute atomic E-state index is 0.344. The van der Waals surface area contributed by atoms with Gasteiger partial charge in [0.1, 0.15) is 5.52 Å². The monoisotopic (exact) mass is 245 g/mol. The zero-order valence-electron chi connectivity index (χ0n) is 11.0. The summed E-state index contributed by atoms with van der Waals surface area (Å²) in [5.74, 6) is 0. The van der Waals surface area contributed by atoms with E-state index in [0.717, 1.165) is 16.6 Å². The summed E-state index contributed by atoms with van der Waals surface area (Å²) in [5.41, 5.74) is 1.77. The van der Waals surface area contributed by atoms with E-state index in [2.05, 4.69) is 15.0 Å². The molecule has 0 radical (unpaired) electrons. The molecule has 0 saturated carbocycles. The van der Waals surface area contributed by atoms with Crippen LogP contribution in [-0.4, -0.2) is 33.3 Å². The van der Waals surface area contributed by atoms with Crippen molar-refractivity contribution in [1.29, 1.82) is 0 Å². The van der Waals surface area contributed by atoms with Gasteiger partial charge in [-0.25, -0.2) is 4.98 Å². The van der Waals surface area contributed by atoms with Gasteiger partial charge in [0.05, 0.1) is 11.2 Å². The summed E-state index contributed by atoms with van der Waals surface area (Å²) in [5, 5.41) is 0. The Morgan fingerprint density at radius 1 is 1.06 bits per heavy atom. The standard InChI is InChI=1S/C12H16BN3O2/c1-11(2)12(3,4)18-13(17-11)8-7-16-10-9(8)14-5-6-15-10/h5-7H,1-4H3,(H,15,16). The summed E-state index contributed by atoms with van der Waals surface area (Å²) < 4.78 is 12.0. The van der Waals surface area contributed by atoms with Crippen LogP contribution in [0.15, 0.2) is 18.6 Å². The number of aromatic nitrogens is 3. The first-order chi connectivity index (χ1) is 8.41. The number of fused-ring (bicyclic) bond motifs is 1. The second kappa shape index (κ2) is 3.55. The van der Waals surface area contributed by atoms with E-state index in [4.69, 9.17) is 9.31 Å². The molecule has 5 nitrogen and oxygen atoms in total. The summed E-state index contributed by atoms with van der Waals surface area (Å²) in [4.78, 5) is 11.6. The molecule has 1 aliphatic rings. The summed E-state index contributed by atoms with van der Waals surface area (Å²) in [6.07, 6.45) is 5.19. The molecule has 18 heavy (non-hydrogen) atoms. The second-order valence-electron chi connectivity index (χ2n) is 5.59. The van der Waals surface area contributed by atoms with Gasteiger partial charge in [0, 0.05) is 24.1 Å². The van der Waals surface area contributed by atoms with Crippen molar-refractivity contribution >= 4 is 23.7 Å². The normalized spacial score (nSPS) is 21.7. The Bertz CT molecular complexity index is 578. The van der Waals surface area contributed by atoms with Crippen LogP contribution in [0.25, 0.3) is 11.2 Å². The van der Waals surface area contributed by atoms with Crippen LogP contribution in [0.2, 0.25) is 0 Å². The van der Waals surface area contributed by atoms with Crippen molar-refractivity contribution in [1.82, 2.24) is 15.0 Å². The van der Waals surface area contributed by atoms with Crippen LogP contribution >= 0.6 is 0 Å². The lowest BCUT2D eigenvalue weighted by Gasteiger charge is -2.32. The molecule has 3 rings (SSSR count). The smallest absolute Gasteiger partial charge is 0.399 e. The van der Waals surface area contributed by atoms with E-state index in [-0.39, 0.29) is 11.2 Å². The summed E-state index contributed by atoms with van der Waals surface area (Å²) >= 11 is 0. The predicted octanol–water partition coefficient (Wildman–Crippen LogP) is 1.26. The maximum absolute atomic E-state index is 6.01. The SMILES string of the molecule is CC1(C)OB(c2c[nH]c3nccnc23)OC1(C)C. The van der Waals surface area contributed by atoms with Crippen molar-refractivity contribution in [3.8, 4) is 0 Å². The van der Waals surface area contributed by atoms with Gasteiger partial charge in [-0.15, -0.1) is 0 Å². The van der Waals surface area contributed by atoms with Crippen LogP contribution in [0.3, 0.4) is 0 Å². The summed E-state index contributed by atoms with van der Waals surface area (Å²) in [6, 6.07) is 0. The van der Waals surface area contributed by atoms with Gasteiger partial charge in [0.2, 0.25) is 0 Å². The average molecular weight is 245 g/mol. The Labute approximate surface area is 106 Å². The summed E-state index contributed by atoms with van der Waals surface area (Å²) in [7, 11) is -0.402. The fourth-order valence-corrected chi connectivity index (χ4v) is 2.02. The zero-order chi connectivity index (χ0) is 13.0. The van der Waals surface area contributed by atoms with E-state index < -0.39 is 7.12 Å². The largest absolute Gasteiger partial charge is 0.498 e. The van der Waals surface area contributed by atoms with Crippen LogP contribution in [0.4, 0.5) is 0 Å². The van der Waals surface area contributed by atoms with Crippen LogP contribution in [-0.2, 0) is 9.31 Å². The van der Waals surface area contributed by atoms with Crippen molar-refractivity contribution in [3.05, 3.63) is 18.6 Å². The van der Waals surface area contributed by atoms with Crippen LogP contribution in [0.1, 0.15) is 27.7 Å². The first-order valence-corrected chi connectivity index (χ1v) is 6.04. The van der Waals surface area contributed by atoms with Gasteiger partial charge >= 0.3 is 7.12 Å². The molecular weight excluding hydrogens is 229 g/mol. The van der Waals surface area contributed by atoms with Crippen molar-refractivity contribution in [2.75, 3.05) is 0 Å². The molecule has 2 aromatic rings. The van der Waals surface area contributed by atoms with E-state index in [1.54, 1.807) is 12.4 Å². The van der Waals surface area contributed by atoms with Gasteiger partial charge in [-0.2, -0.15) is 0 Å². The molecule has 0 aromatic carbocycles. The van der Waals surface area contributed by atoms with Crippen LogP contribution < -0.4 is 5.46 Å². The molecular formula is C12H16BN3O2. The van der Waals surface area contributed by atoms with E-state index in [1.165, 1.54) is 0 Å². The van der Waals surface area contributed by atoms with Gasteiger partial charge in [0.15, 0.2) is 5.65 Å². The number of hydrogen-bond acceptors (Lipinski definition) is 4. The van der Waals surface area contributed by atoms with Crippen LogP contribution in [0, 0.1) is 0 Å². The maximum Gasteiger partial charge on any atom is 0.498 e. The third-order valence-corrected chi connectivity index (χ3v) is 3.84. The number of hydrogen-bond donors (Lipinski definition) is 1. The quantitative estimate of drug-likeness (QED) is 0.768. The molecule has 0 spiro atoms. The Hall–Kier alpha value is -1.40. The molecule has 2 aromatic heterocycles. The van der Waals surface area contributed by atoms with Gasteiger partial charge in [-0.05, 0) is 27.7 Å². The van der Waals surface area contributed by atoms with Crippen molar-refractivity contribution in [3.63, 3.8) is 0 Å². The predicted molar refractivity (Wildman–Crippen MR) is 69.6 cm³/mol. The molecule has 0 bridgehead atoms. The number of nitrogens with zero attached hydrogens (tertiary/aromatic N) is 2. The Morgan fingerprint density at radius 3 is 2.33 bits per heavy atom. The van der Waals surface area contributed by atoms with E-state index in [1.807, 2.05) is 33.9 Å². The lowest BCUT2D eigenvalue weighted by atomic mass is 9.80. The lowest BCUT2D eigenvalue weighted by Crippen LogP contribution is -2.41. The van der Waals surface area contributed by atoms with Crippen molar-refractivity contribution < 1.29 is 9.31 Å². The fourth-order valence-electron chi connectivity index (χ4n) is 2.02. The highest BCUT2D eigenvalue weighted by molar-refractivity contribution is 6.64.